The van der Waals surface area contributed by atoms with Crippen molar-refractivity contribution < 1.29 is 9.53 Å². The molecule has 5 N–H and O–H groups in total. The number of imidazole rings is 1. The van der Waals surface area contributed by atoms with E-state index in [0.29, 0.717) is 25.0 Å². The maximum absolute atomic E-state index is 11.4. The highest BCUT2D eigenvalue weighted by Crippen LogP contribution is 2.40. The third-order valence-electron chi connectivity index (χ3n) is 5.89. The number of fused-ring (bicyclic) bond motifs is 1. The number of rotatable bonds is 4. The van der Waals surface area contributed by atoms with Gasteiger partial charge in [0.25, 0.3) is 0 Å². The van der Waals surface area contributed by atoms with E-state index in [0.717, 1.165) is 27.1 Å². The van der Waals surface area contributed by atoms with Crippen LogP contribution in [-0.2, 0) is 4.74 Å². The number of aromatic amines is 1. The van der Waals surface area contributed by atoms with Crippen molar-refractivity contribution in [3.63, 3.8) is 0 Å². The summed E-state index contributed by atoms with van der Waals surface area (Å²) in [5, 5.41) is 0.856. The molecule has 1 saturated heterocycles. The van der Waals surface area contributed by atoms with Crippen LogP contribution < -0.4 is 16.4 Å². The minimum atomic E-state index is -0.730. The lowest BCUT2D eigenvalue weighted by Gasteiger charge is -2.49. The van der Waals surface area contributed by atoms with Crippen molar-refractivity contribution >= 4 is 40.7 Å². The Balaban J connectivity index is 1.61. The largest absolute Gasteiger partial charge is 0.443 e. The van der Waals surface area contributed by atoms with Crippen molar-refractivity contribution in [3.8, 4) is 0 Å². The number of piperidine rings is 1. The SMILES string of the molecule is CC1(OC(N)=O)CCN(c2nc3nc(Sc4cccc(N)c4)ccc3[nH]2)C(C(C)(C)C)C1. The summed E-state index contributed by atoms with van der Waals surface area (Å²) in [5.41, 5.74) is 12.8. The number of nitrogens with two attached hydrogens (primary N) is 2. The van der Waals surface area contributed by atoms with Gasteiger partial charge in [0.2, 0.25) is 5.95 Å². The first-order valence-electron chi connectivity index (χ1n) is 10.7. The average molecular weight is 455 g/mol. The summed E-state index contributed by atoms with van der Waals surface area (Å²) in [6.07, 6.45) is 0.607. The third kappa shape index (κ3) is 4.77. The normalized spacial score (nSPS) is 21.6. The first-order valence-corrected chi connectivity index (χ1v) is 11.5. The predicted molar refractivity (Wildman–Crippen MR) is 128 cm³/mol. The Kier molecular flexibility index (Phi) is 5.70. The number of hydrogen-bond acceptors (Lipinski definition) is 7. The fourth-order valence-corrected chi connectivity index (χ4v) is 5.10. The van der Waals surface area contributed by atoms with Crippen LogP contribution in [0.3, 0.4) is 0 Å². The number of amides is 1. The molecular formula is C23H30N6O2S. The minimum absolute atomic E-state index is 0.0661. The van der Waals surface area contributed by atoms with Gasteiger partial charge in [0.05, 0.1) is 5.52 Å². The van der Waals surface area contributed by atoms with E-state index in [9.17, 15) is 4.79 Å². The molecule has 0 aliphatic carbocycles. The molecule has 4 rings (SSSR count). The second-order valence-corrected chi connectivity index (χ2v) is 10.7. The summed E-state index contributed by atoms with van der Waals surface area (Å²) in [5.74, 6) is 0.777. The van der Waals surface area contributed by atoms with Gasteiger partial charge in [0.15, 0.2) is 5.65 Å². The molecule has 0 radical (unpaired) electrons. The Bertz CT molecular complexity index is 1140. The molecule has 3 heterocycles. The van der Waals surface area contributed by atoms with Crippen LogP contribution in [0.15, 0.2) is 46.3 Å². The van der Waals surface area contributed by atoms with Crippen LogP contribution >= 0.6 is 11.8 Å². The number of nitrogens with one attached hydrogen (secondary N) is 1. The first kappa shape index (κ1) is 22.3. The van der Waals surface area contributed by atoms with Crippen LogP contribution in [0, 0.1) is 5.41 Å². The summed E-state index contributed by atoms with van der Waals surface area (Å²) >= 11 is 1.55. The number of anilines is 2. The van der Waals surface area contributed by atoms with Crippen LogP contribution in [0.5, 0.6) is 0 Å². The second-order valence-electron chi connectivity index (χ2n) is 9.66. The summed E-state index contributed by atoms with van der Waals surface area (Å²) in [4.78, 5) is 27.7. The Morgan fingerprint density at radius 2 is 2.06 bits per heavy atom. The highest BCUT2D eigenvalue weighted by atomic mass is 32.2. The van der Waals surface area contributed by atoms with E-state index in [-0.39, 0.29) is 11.5 Å². The van der Waals surface area contributed by atoms with Crippen LogP contribution in [0.4, 0.5) is 16.4 Å². The lowest BCUT2D eigenvalue weighted by Crippen LogP contribution is -2.56. The van der Waals surface area contributed by atoms with Gasteiger partial charge in [-0.15, -0.1) is 0 Å². The fourth-order valence-electron chi connectivity index (χ4n) is 4.25. The molecule has 2 atom stereocenters. The highest BCUT2D eigenvalue weighted by molar-refractivity contribution is 7.99. The van der Waals surface area contributed by atoms with E-state index in [1.807, 2.05) is 43.3 Å². The van der Waals surface area contributed by atoms with Crippen LogP contribution in [-0.4, -0.2) is 39.2 Å². The van der Waals surface area contributed by atoms with Crippen LogP contribution in [0.25, 0.3) is 11.2 Å². The topological polar surface area (TPSA) is 123 Å². The molecule has 1 fully saturated rings. The van der Waals surface area contributed by atoms with Crippen molar-refractivity contribution in [1.29, 1.82) is 0 Å². The van der Waals surface area contributed by atoms with Gasteiger partial charge in [0, 0.05) is 36.0 Å². The number of hydrogen-bond donors (Lipinski definition) is 3. The zero-order valence-corrected chi connectivity index (χ0v) is 19.7. The molecule has 3 aromatic rings. The van der Waals surface area contributed by atoms with Crippen molar-refractivity contribution in [2.24, 2.45) is 11.1 Å². The number of nitrogens with zero attached hydrogens (tertiary/aromatic N) is 3. The molecule has 2 aromatic heterocycles. The summed E-state index contributed by atoms with van der Waals surface area (Å²) in [7, 11) is 0. The molecule has 1 amide bonds. The molecule has 0 saturated carbocycles. The summed E-state index contributed by atoms with van der Waals surface area (Å²) in [6, 6.07) is 11.8. The van der Waals surface area contributed by atoms with E-state index in [4.69, 9.17) is 26.2 Å². The molecule has 0 spiro atoms. The lowest BCUT2D eigenvalue weighted by molar-refractivity contribution is -0.00962. The molecule has 9 heteroatoms. The number of primary amides is 1. The number of ether oxygens (including phenoxy) is 1. The Morgan fingerprint density at radius 1 is 1.28 bits per heavy atom. The minimum Gasteiger partial charge on any atom is -0.443 e. The maximum atomic E-state index is 11.4. The number of benzene rings is 1. The predicted octanol–water partition coefficient (Wildman–Crippen LogP) is 4.56. The van der Waals surface area contributed by atoms with Gasteiger partial charge in [-0.2, -0.15) is 4.98 Å². The molecular weight excluding hydrogens is 424 g/mol. The molecule has 32 heavy (non-hydrogen) atoms. The highest BCUT2D eigenvalue weighted by Gasteiger charge is 2.44. The van der Waals surface area contributed by atoms with Crippen molar-refractivity contribution in [2.75, 3.05) is 17.2 Å². The van der Waals surface area contributed by atoms with E-state index in [1.165, 1.54) is 0 Å². The monoisotopic (exact) mass is 454 g/mol. The van der Waals surface area contributed by atoms with Gasteiger partial charge in [-0.25, -0.2) is 9.78 Å². The third-order valence-corrected chi connectivity index (χ3v) is 6.82. The average Bonchev–Trinajstić information content (AvgIpc) is 3.09. The van der Waals surface area contributed by atoms with Gasteiger partial charge in [0.1, 0.15) is 10.6 Å². The van der Waals surface area contributed by atoms with Crippen LogP contribution in [0.1, 0.15) is 40.5 Å². The van der Waals surface area contributed by atoms with E-state index < -0.39 is 11.7 Å². The van der Waals surface area contributed by atoms with Gasteiger partial charge in [-0.1, -0.05) is 38.6 Å². The number of pyridine rings is 1. The second kappa shape index (κ2) is 8.20. The number of carbonyl (C=O) groups excluding carboxylic acids is 1. The van der Waals surface area contributed by atoms with Gasteiger partial charge in [-0.3, -0.25) is 0 Å². The van der Waals surface area contributed by atoms with Gasteiger partial charge in [-0.05, 0) is 42.7 Å². The van der Waals surface area contributed by atoms with Gasteiger partial charge >= 0.3 is 6.09 Å². The van der Waals surface area contributed by atoms with Crippen molar-refractivity contribution in [1.82, 2.24) is 15.0 Å². The zero-order valence-electron chi connectivity index (χ0n) is 18.9. The zero-order chi connectivity index (χ0) is 23.1. The molecule has 0 bridgehead atoms. The van der Waals surface area contributed by atoms with Crippen LogP contribution in [0.2, 0.25) is 0 Å². The molecule has 2 unspecified atom stereocenters. The molecule has 1 aliphatic rings. The Hall–Kier alpha value is -2.94. The smallest absolute Gasteiger partial charge is 0.405 e. The molecule has 170 valence electrons. The number of H-pyrrole nitrogens is 1. The van der Waals surface area contributed by atoms with Crippen molar-refractivity contribution in [2.45, 2.75) is 62.1 Å². The van der Waals surface area contributed by atoms with E-state index in [1.54, 1.807) is 11.8 Å². The Morgan fingerprint density at radius 3 is 2.75 bits per heavy atom. The molecule has 8 nitrogen and oxygen atoms in total. The fraction of sp³-hybridized carbons (Fsp3) is 0.435. The van der Waals surface area contributed by atoms with Gasteiger partial charge < -0.3 is 26.1 Å². The van der Waals surface area contributed by atoms with Crippen molar-refractivity contribution in [3.05, 3.63) is 36.4 Å². The first-order chi connectivity index (χ1) is 15.0. The number of nitrogen functional groups attached to an aromatic ring is 1. The Labute approximate surface area is 192 Å². The molecule has 1 aliphatic heterocycles. The maximum Gasteiger partial charge on any atom is 0.405 e. The number of aromatic nitrogens is 3. The van der Waals surface area contributed by atoms with E-state index >= 15 is 0 Å². The summed E-state index contributed by atoms with van der Waals surface area (Å²) in [6.45, 7) is 9.19. The quantitative estimate of drug-likeness (QED) is 0.494. The standard InChI is InChI=1S/C23H30N6O2S/c1-22(2,3)17-13-23(4,31-20(25)30)10-11-29(17)21-26-16-8-9-18(27-19(16)28-21)32-15-7-5-6-14(24)12-15/h5-9,12,17H,10-11,13,24H2,1-4H3,(H2,25,30)(H,26,27,28). The molecule has 1 aromatic carbocycles. The van der Waals surface area contributed by atoms with E-state index in [2.05, 4.69) is 30.7 Å². The number of carbonyl (C=O) groups is 1. The lowest BCUT2D eigenvalue weighted by atomic mass is 9.75. The summed E-state index contributed by atoms with van der Waals surface area (Å²) < 4.78 is 5.49.